The molecule has 2 amide bonds. The number of carbonyl (C=O) groups is 3. The van der Waals surface area contributed by atoms with Gasteiger partial charge in [0.1, 0.15) is 24.0 Å². The van der Waals surface area contributed by atoms with Crippen LogP contribution >= 0.6 is 0 Å². The highest BCUT2D eigenvalue weighted by atomic mass is 19.4. The molecule has 11 heteroatoms. The van der Waals surface area contributed by atoms with Crippen LogP contribution in [0.5, 0.6) is 5.75 Å². The monoisotopic (exact) mass is 604 g/mol. The van der Waals surface area contributed by atoms with Crippen molar-refractivity contribution in [1.29, 1.82) is 0 Å². The maximum absolute atomic E-state index is 13.9. The molecule has 1 heterocycles. The van der Waals surface area contributed by atoms with Crippen LogP contribution in [0.2, 0.25) is 0 Å². The Morgan fingerprint density at radius 2 is 1.74 bits per heavy atom. The van der Waals surface area contributed by atoms with Crippen molar-refractivity contribution >= 4 is 23.7 Å². The fraction of sp³-hybridized carbons (Fsp3) is 0.531. The van der Waals surface area contributed by atoms with E-state index in [1.165, 1.54) is 25.1 Å². The van der Waals surface area contributed by atoms with E-state index in [4.69, 9.17) is 14.2 Å². The molecule has 1 saturated carbocycles. The molecule has 1 atom stereocenters. The maximum atomic E-state index is 13.9. The smallest absolute Gasteiger partial charge is 0.416 e. The molecule has 0 saturated heterocycles. The number of likely N-dealkylation sites (N-methyl/N-ethyl adjacent to an activating group) is 1. The van der Waals surface area contributed by atoms with Crippen LogP contribution in [0.25, 0.3) is 0 Å². The second kappa shape index (κ2) is 12.9. The van der Waals surface area contributed by atoms with Gasteiger partial charge in [-0.25, -0.2) is 4.79 Å². The molecular formula is C32H39F3N2O6. The van der Waals surface area contributed by atoms with Crippen LogP contribution in [-0.2, 0) is 38.3 Å². The van der Waals surface area contributed by atoms with E-state index >= 15 is 0 Å². The van der Waals surface area contributed by atoms with E-state index in [2.05, 4.69) is 0 Å². The van der Waals surface area contributed by atoms with Gasteiger partial charge in [0.2, 0.25) is 0 Å². The minimum atomic E-state index is -4.44. The molecule has 0 unspecified atom stereocenters. The van der Waals surface area contributed by atoms with Crippen LogP contribution in [0.1, 0.15) is 81.0 Å². The zero-order valence-electron chi connectivity index (χ0n) is 25.3. The summed E-state index contributed by atoms with van der Waals surface area (Å²) in [4.78, 5) is 41.1. The number of alkyl halides is 3. The first-order valence-corrected chi connectivity index (χ1v) is 14.5. The summed E-state index contributed by atoms with van der Waals surface area (Å²) in [5.41, 5.74) is 0.787. The Balaban J connectivity index is 1.48. The number of hydrogen-bond acceptors (Lipinski definition) is 6. The third kappa shape index (κ3) is 7.80. The summed E-state index contributed by atoms with van der Waals surface area (Å²) in [5, 5.41) is 0. The zero-order valence-corrected chi connectivity index (χ0v) is 25.3. The van der Waals surface area contributed by atoms with Gasteiger partial charge < -0.3 is 19.1 Å². The number of carbonyl (C=O) groups excluding carboxylic acids is 3. The van der Waals surface area contributed by atoms with E-state index in [1.807, 2.05) is 0 Å². The standard InChI is InChI=1S/C32H39F3N2O6/c1-31(2,3)43-30(40)36(4)27(18-28(38)41-5)29(39)37-15-14-22-17-23(11-13-26(22)37)42-19-20-10-12-24(21-8-6-7-9-21)25(16-20)32(33,34)35/h10-13,16-17,21,27H,6-9,14-15,18-19H2,1-5H3/t27-/m1/s1. The van der Waals surface area contributed by atoms with Crippen LogP contribution in [0, 0.1) is 0 Å². The predicted molar refractivity (Wildman–Crippen MR) is 154 cm³/mol. The molecule has 0 radical (unpaired) electrons. The van der Waals surface area contributed by atoms with Gasteiger partial charge in [0.15, 0.2) is 0 Å². The lowest BCUT2D eigenvalue weighted by atomic mass is 9.91. The summed E-state index contributed by atoms with van der Waals surface area (Å²) in [6.07, 6.45) is -1.61. The molecule has 8 nitrogen and oxygen atoms in total. The third-order valence-electron chi connectivity index (χ3n) is 7.86. The number of rotatable bonds is 8. The molecule has 234 valence electrons. The topological polar surface area (TPSA) is 85.4 Å². The van der Waals surface area contributed by atoms with E-state index in [-0.39, 0.29) is 18.9 Å². The van der Waals surface area contributed by atoms with E-state index in [0.717, 1.165) is 36.1 Å². The molecule has 0 N–H and O–H groups in total. The van der Waals surface area contributed by atoms with Gasteiger partial charge in [-0.15, -0.1) is 0 Å². The normalized spacial score (nSPS) is 16.0. The Kier molecular flexibility index (Phi) is 9.61. The summed E-state index contributed by atoms with van der Waals surface area (Å²) in [5.74, 6) is -0.723. The van der Waals surface area contributed by atoms with Crippen LogP contribution in [0.15, 0.2) is 36.4 Å². The minimum absolute atomic E-state index is 0.0443. The Bertz CT molecular complexity index is 1350. The average molecular weight is 605 g/mol. The molecule has 0 aromatic heterocycles. The SMILES string of the molecule is COC(=O)C[C@H](C(=O)N1CCc2cc(OCc3ccc(C4CCCC4)c(C(F)(F)F)c3)ccc21)N(C)C(=O)OC(C)(C)C. The van der Waals surface area contributed by atoms with Gasteiger partial charge in [0, 0.05) is 19.3 Å². The molecule has 0 spiro atoms. The zero-order chi connectivity index (χ0) is 31.5. The van der Waals surface area contributed by atoms with Crippen molar-refractivity contribution in [3.05, 3.63) is 58.7 Å². The van der Waals surface area contributed by atoms with Crippen molar-refractivity contribution in [2.24, 2.45) is 0 Å². The number of nitrogens with zero attached hydrogens (tertiary/aromatic N) is 2. The first-order valence-electron chi connectivity index (χ1n) is 14.5. The number of benzene rings is 2. The van der Waals surface area contributed by atoms with Gasteiger partial charge in [-0.2, -0.15) is 13.2 Å². The van der Waals surface area contributed by atoms with Gasteiger partial charge in [-0.05, 0) is 86.9 Å². The highest BCUT2D eigenvalue weighted by molar-refractivity contribution is 6.02. The molecule has 2 aromatic rings. The van der Waals surface area contributed by atoms with Gasteiger partial charge in [0.25, 0.3) is 5.91 Å². The lowest BCUT2D eigenvalue weighted by Gasteiger charge is -2.32. The molecule has 43 heavy (non-hydrogen) atoms. The van der Waals surface area contributed by atoms with Crippen LogP contribution in [0.4, 0.5) is 23.7 Å². The second-order valence-corrected chi connectivity index (χ2v) is 12.1. The second-order valence-electron chi connectivity index (χ2n) is 12.1. The van der Waals surface area contributed by atoms with E-state index < -0.39 is 41.4 Å². The lowest BCUT2D eigenvalue weighted by molar-refractivity contribution is -0.144. The molecule has 1 aliphatic carbocycles. The molecule has 1 fully saturated rings. The number of hydrogen-bond donors (Lipinski definition) is 0. The van der Waals surface area contributed by atoms with Crippen LogP contribution in [0.3, 0.4) is 0 Å². The molecule has 0 bridgehead atoms. The Morgan fingerprint density at radius 1 is 1.05 bits per heavy atom. The number of fused-ring (bicyclic) bond motifs is 1. The first kappa shape index (κ1) is 32.2. The van der Waals surface area contributed by atoms with Crippen molar-refractivity contribution < 1.29 is 41.8 Å². The maximum Gasteiger partial charge on any atom is 0.416 e. The number of ether oxygens (including phenoxy) is 3. The quantitative estimate of drug-likeness (QED) is 0.315. The minimum Gasteiger partial charge on any atom is -0.489 e. The van der Waals surface area contributed by atoms with Crippen molar-refractivity contribution in [2.75, 3.05) is 25.6 Å². The van der Waals surface area contributed by atoms with E-state index in [1.54, 1.807) is 51.1 Å². The first-order chi connectivity index (χ1) is 20.2. The summed E-state index contributed by atoms with van der Waals surface area (Å²) < 4.78 is 57.7. The summed E-state index contributed by atoms with van der Waals surface area (Å²) in [6.45, 7) is 5.37. The Morgan fingerprint density at radius 3 is 2.37 bits per heavy atom. The fourth-order valence-electron chi connectivity index (χ4n) is 5.67. The number of esters is 1. The highest BCUT2D eigenvalue weighted by Gasteiger charge is 2.38. The summed E-state index contributed by atoms with van der Waals surface area (Å²) in [6, 6.07) is 8.41. The van der Waals surface area contributed by atoms with Crippen LogP contribution in [-0.4, -0.2) is 55.2 Å². The van der Waals surface area contributed by atoms with Crippen molar-refractivity contribution in [3.63, 3.8) is 0 Å². The fourth-order valence-corrected chi connectivity index (χ4v) is 5.67. The van der Waals surface area contributed by atoms with Gasteiger partial charge in [-0.3, -0.25) is 14.5 Å². The van der Waals surface area contributed by atoms with E-state index in [0.29, 0.717) is 35.5 Å². The van der Waals surface area contributed by atoms with Gasteiger partial charge >= 0.3 is 18.2 Å². The van der Waals surface area contributed by atoms with Crippen molar-refractivity contribution in [2.45, 2.75) is 89.6 Å². The molecule has 1 aliphatic heterocycles. The number of methoxy groups -OCH3 is 1. The van der Waals surface area contributed by atoms with Crippen molar-refractivity contribution in [3.8, 4) is 5.75 Å². The van der Waals surface area contributed by atoms with E-state index in [9.17, 15) is 27.6 Å². The highest BCUT2D eigenvalue weighted by Crippen LogP contribution is 2.42. The molecular weight excluding hydrogens is 565 g/mol. The average Bonchev–Trinajstić information content (AvgIpc) is 3.63. The molecule has 4 rings (SSSR count). The summed E-state index contributed by atoms with van der Waals surface area (Å²) in [7, 11) is 2.61. The summed E-state index contributed by atoms with van der Waals surface area (Å²) >= 11 is 0. The Labute approximate surface area is 250 Å². The third-order valence-corrected chi connectivity index (χ3v) is 7.86. The van der Waals surface area contributed by atoms with Crippen LogP contribution < -0.4 is 9.64 Å². The van der Waals surface area contributed by atoms with Crippen molar-refractivity contribution in [1.82, 2.24) is 4.90 Å². The molecule has 2 aliphatic rings. The number of anilines is 1. The lowest BCUT2D eigenvalue weighted by Crippen LogP contribution is -2.51. The number of amides is 2. The number of halogens is 3. The Hall–Kier alpha value is -3.76. The molecule has 2 aromatic carbocycles. The van der Waals surface area contributed by atoms with Gasteiger partial charge in [-0.1, -0.05) is 25.0 Å². The van der Waals surface area contributed by atoms with Gasteiger partial charge in [0.05, 0.1) is 19.1 Å². The predicted octanol–water partition coefficient (Wildman–Crippen LogP) is 6.63. The largest absolute Gasteiger partial charge is 0.489 e.